The molecule has 9 heteroatoms. The molecule has 0 spiro atoms. The first-order chi connectivity index (χ1) is 16.7. The number of fused-ring (bicyclic) bond motifs is 1. The molecular formula is C27H39B2FN4OS. The molecule has 5 rings (SSSR count). The summed E-state index contributed by atoms with van der Waals surface area (Å²) in [5, 5.41) is 1.95. The molecule has 2 aromatic rings. The molecule has 192 valence electrons. The lowest BCUT2D eigenvalue weighted by atomic mass is 9.52. The van der Waals surface area contributed by atoms with Crippen molar-refractivity contribution < 1.29 is 9.13 Å². The number of hydrogen-bond acceptors (Lipinski definition) is 6. The molecule has 3 aliphatic rings. The highest BCUT2D eigenvalue weighted by molar-refractivity contribution is 7.07. The number of hydrogen-bond donors (Lipinski definition) is 3. The summed E-state index contributed by atoms with van der Waals surface area (Å²) < 4.78 is 19.5. The monoisotopic (exact) mass is 508 g/mol. The fraction of sp³-hybridized carbons (Fsp3) is 0.556. The number of rotatable bonds is 3. The first kappa shape index (κ1) is 28.6. The summed E-state index contributed by atoms with van der Waals surface area (Å²) in [5.41, 5.74) is 19.4. The van der Waals surface area contributed by atoms with Crippen LogP contribution in [0.1, 0.15) is 50.7 Å². The maximum absolute atomic E-state index is 13.3. The van der Waals surface area contributed by atoms with Gasteiger partial charge in [-0.3, -0.25) is 0 Å². The number of benzene rings is 1. The molecule has 2 aliphatic heterocycles. The quantitative estimate of drug-likeness (QED) is 0.553. The Labute approximate surface area is 221 Å². The lowest BCUT2D eigenvalue weighted by Crippen LogP contribution is -2.55. The maximum Gasteiger partial charge on any atom is 0.123 e. The molecule has 36 heavy (non-hydrogen) atoms. The second-order valence-corrected chi connectivity index (χ2v) is 11.0. The Balaban J connectivity index is 0.000000195. The summed E-state index contributed by atoms with van der Waals surface area (Å²) in [7, 11) is 12.9. The van der Waals surface area contributed by atoms with Crippen LogP contribution in [0.3, 0.4) is 0 Å². The summed E-state index contributed by atoms with van der Waals surface area (Å²) in [5.74, 6) is 2.02. The van der Waals surface area contributed by atoms with Gasteiger partial charge in [-0.1, -0.05) is 25.3 Å². The Morgan fingerprint density at radius 3 is 2.31 bits per heavy atom. The van der Waals surface area contributed by atoms with E-state index in [9.17, 15) is 4.39 Å². The molecule has 5 nitrogen and oxygen atoms in total. The molecule has 1 aromatic heterocycles. The molecule has 6 N–H and O–H groups in total. The van der Waals surface area contributed by atoms with E-state index in [4.69, 9.17) is 37.6 Å². The molecule has 1 aromatic carbocycles. The van der Waals surface area contributed by atoms with Gasteiger partial charge in [-0.2, -0.15) is 0 Å². The molecule has 2 atom stereocenters. The molecule has 4 radical (unpaired) electrons. The van der Waals surface area contributed by atoms with Crippen molar-refractivity contribution >= 4 is 38.5 Å². The Kier molecular flexibility index (Phi) is 9.58. The van der Waals surface area contributed by atoms with E-state index in [1.807, 2.05) is 12.3 Å². The molecular weight excluding hydrogens is 469 g/mol. The van der Waals surface area contributed by atoms with Crippen LogP contribution in [0, 0.1) is 30.5 Å². The summed E-state index contributed by atoms with van der Waals surface area (Å²) in [6.45, 7) is 5.76. The Hall–Kier alpha value is -1.96. The molecule has 0 amide bonds. The van der Waals surface area contributed by atoms with Gasteiger partial charge in [0.2, 0.25) is 0 Å². The lowest BCUT2D eigenvalue weighted by Gasteiger charge is -2.45. The molecule has 1 aliphatic carbocycles. The summed E-state index contributed by atoms with van der Waals surface area (Å²) in [6, 6.07) is 6.32. The van der Waals surface area contributed by atoms with Crippen molar-refractivity contribution in [2.45, 2.75) is 51.8 Å². The summed E-state index contributed by atoms with van der Waals surface area (Å²) in [4.78, 5) is 2.36. The Morgan fingerprint density at radius 2 is 1.69 bits per heavy atom. The second kappa shape index (κ2) is 12.1. The molecule has 2 saturated heterocycles. The van der Waals surface area contributed by atoms with Gasteiger partial charge in [-0.25, -0.2) is 4.39 Å². The Morgan fingerprint density at radius 1 is 1.06 bits per heavy atom. The van der Waals surface area contributed by atoms with E-state index in [2.05, 4.69) is 4.90 Å². The average molecular weight is 508 g/mol. The van der Waals surface area contributed by atoms with Crippen molar-refractivity contribution in [2.75, 3.05) is 26.3 Å². The van der Waals surface area contributed by atoms with E-state index in [0.29, 0.717) is 22.4 Å². The number of aryl methyl sites for hydroxylation is 1. The third kappa shape index (κ3) is 6.12. The van der Waals surface area contributed by atoms with Gasteiger partial charge < -0.3 is 26.8 Å². The zero-order chi connectivity index (χ0) is 25.2. The van der Waals surface area contributed by atoms with Gasteiger partial charge in [-0.05, 0) is 79.5 Å². The fourth-order valence-electron chi connectivity index (χ4n) is 5.72. The van der Waals surface area contributed by atoms with Crippen LogP contribution in [-0.4, -0.2) is 52.2 Å². The minimum atomic E-state index is -0.603. The third-order valence-corrected chi connectivity index (χ3v) is 8.81. The topological polar surface area (TPSA) is 90.5 Å². The van der Waals surface area contributed by atoms with E-state index in [0.717, 1.165) is 61.1 Å². The number of halogens is 1. The molecule has 2 unspecified atom stereocenters. The van der Waals surface area contributed by atoms with Gasteiger partial charge in [0.15, 0.2) is 0 Å². The highest BCUT2D eigenvalue weighted by Crippen LogP contribution is 2.41. The van der Waals surface area contributed by atoms with E-state index in [1.165, 1.54) is 42.7 Å². The van der Waals surface area contributed by atoms with Gasteiger partial charge in [-0.15, -0.1) is 11.3 Å². The maximum atomic E-state index is 13.3. The number of nitrogens with zero attached hydrogens (tertiary/aromatic N) is 1. The van der Waals surface area contributed by atoms with Crippen molar-refractivity contribution in [3.8, 4) is 0 Å². The van der Waals surface area contributed by atoms with Crippen LogP contribution in [0.2, 0.25) is 0 Å². The second-order valence-electron chi connectivity index (χ2n) is 10.1. The first-order valence-corrected chi connectivity index (χ1v) is 13.3. The predicted octanol–water partition coefficient (Wildman–Crippen LogP) is 2.07. The van der Waals surface area contributed by atoms with Crippen molar-refractivity contribution in [3.63, 3.8) is 0 Å². The van der Waals surface area contributed by atoms with Crippen molar-refractivity contribution in [2.24, 2.45) is 35.0 Å². The van der Waals surface area contributed by atoms with E-state index >= 15 is 0 Å². The average Bonchev–Trinajstić information content (AvgIpc) is 3.58. The van der Waals surface area contributed by atoms with Crippen molar-refractivity contribution in [1.82, 2.24) is 4.90 Å². The summed E-state index contributed by atoms with van der Waals surface area (Å²) in [6.07, 6.45) is 6.19. The minimum absolute atomic E-state index is 0. The largest absolute Gasteiger partial charge is 0.397 e. The SMILES string of the molecule is C.Cc1ccc(F)cc1/C(N)=c1\sccc1=C(N)N.[B]C([B])(C1CCOCC1)N1CC2CCCC2C1. The number of ether oxygens (including phenoxy) is 1. The smallest absolute Gasteiger partial charge is 0.123 e. The van der Waals surface area contributed by atoms with Gasteiger partial charge in [0.1, 0.15) is 11.6 Å². The highest BCUT2D eigenvalue weighted by atomic mass is 32.1. The van der Waals surface area contributed by atoms with Crippen LogP contribution >= 0.6 is 11.3 Å². The first-order valence-electron chi connectivity index (χ1n) is 12.4. The predicted molar refractivity (Wildman–Crippen MR) is 150 cm³/mol. The summed E-state index contributed by atoms with van der Waals surface area (Å²) >= 11 is 1.43. The lowest BCUT2D eigenvalue weighted by molar-refractivity contribution is 0.0375. The van der Waals surface area contributed by atoms with Crippen molar-refractivity contribution in [3.05, 3.63) is 56.3 Å². The highest BCUT2D eigenvalue weighted by Gasteiger charge is 2.43. The van der Waals surface area contributed by atoms with Gasteiger partial charge in [0.05, 0.1) is 25.9 Å². The van der Waals surface area contributed by atoms with Crippen LogP contribution in [0.5, 0.6) is 0 Å². The fourth-order valence-corrected chi connectivity index (χ4v) is 6.61. The van der Waals surface area contributed by atoms with E-state index in [1.54, 1.807) is 12.1 Å². The van der Waals surface area contributed by atoms with Crippen LogP contribution in [0.25, 0.3) is 11.5 Å². The van der Waals surface area contributed by atoms with E-state index < -0.39 is 5.34 Å². The van der Waals surface area contributed by atoms with Gasteiger partial charge in [0.25, 0.3) is 0 Å². The Bertz CT molecular complexity index is 1130. The van der Waals surface area contributed by atoms with Crippen molar-refractivity contribution in [1.29, 1.82) is 0 Å². The van der Waals surface area contributed by atoms with E-state index in [-0.39, 0.29) is 19.1 Å². The zero-order valence-electron chi connectivity index (χ0n) is 20.5. The molecule has 3 fully saturated rings. The van der Waals surface area contributed by atoms with Crippen LogP contribution in [0.4, 0.5) is 4.39 Å². The van der Waals surface area contributed by atoms with Crippen LogP contribution < -0.4 is 27.0 Å². The third-order valence-electron chi connectivity index (χ3n) is 7.86. The number of thiophene rings is 1. The minimum Gasteiger partial charge on any atom is -0.397 e. The molecule has 1 saturated carbocycles. The van der Waals surface area contributed by atoms with Gasteiger partial charge >= 0.3 is 0 Å². The molecule has 0 bridgehead atoms. The van der Waals surface area contributed by atoms with Gasteiger partial charge in [0, 0.05) is 37.1 Å². The van der Waals surface area contributed by atoms with Crippen LogP contribution in [0.15, 0.2) is 29.6 Å². The van der Waals surface area contributed by atoms with Crippen LogP contribution in [-0.2, 0) is 4.74 Å². The standard InChI is InChI=1S/C13H21B2NO.C13H14FN3S.CH4/c14-13(15,12-4-6-17-7-5-12)16-8-10-2-1-3-11(10)9-16;1-7-2-3-8(14)6-10(7)11(15)12-9(13(16)17)4-5-18-12;/h10-12H,1-9H2;2-6H,15-17H2,1H3;1H4/b;12-11+;. The number of likely N-dealkylation sites (tertiary alicyclic amines) is 1. The normalized spacial score (nSPS) is 23.3. The zero-order valence-corrected chi connectivity index (χ0v) is 21.3. The number of nitrogens with two attached hydrogens (primary N) is 3. The molecule has 3 heterocycles.